The maximum Gasteiger partial charge on any atom is 0.128 e. The van der Waals surface area contributed by atoms with Gasteiger partial charge in [-0.05, 0) is 36.4 Å². The molecule has 3 nitrogen and oxygen atoms in total. The molecule has 2 aromatic carbocycles. The van der Waals surface area contributed by atoms with Crippen LogP contribution >= 0.6 is 23.4 Å². The van der Waals surface area contributed by atoms with Crippen molar-refractivity contribution in [2.24, 2.45) is 0 Å². The zero-order valence-electron chi connectivity index (χ0n) is 11.9. The maximum atomic E-state index is 10.5. The van der Waals surface area contributed by atoms with Gasteiger partial charge in [-0.15, -0.1) is 11.8 Å². The third kappa shape index (κ3) is 4.06. The minimum absolute atomic E-state index is 0.498. The number of ether oxygens (including phenoxy) is 2. The molecule has 21 heavy (non-hydrogen) atoms. The van der Waals surface area contributed by atoms with E-state index in [-0.39, 0.29) is 0 Å². The second kappa shape index (κ2) is 7.59. The molecule has 0 spiro atoms. The second-order valence-corrected chi connectivity index (χ2v) is 5.89. The summed E-state index contributed by atoms with van der Waals surface area (Å²) in [5.41, 5.74) is 0.670. The van der Waals surface area contributed by atoms with Crippen molar-refractivity contribution in [3.8, 4) is 11.5 Å². The average molecular weight is 325 g/mol. The van der Waals surface area contributed by atoms with Gasteiger partial charge < -0.3 is 14.6 Å². The Bertz CT molecular complexity index is 564. The summed E-state index contributed by atoms with van der Waals surface area (Å²) in [5.74, 6) is 1.75. The minimum atomic E-state index is -0.684. The van der Waals surface area contributed by atoms with Gasteiger partial charge in [0.05, 0.1) is 25.9 Å². The van der Waals surface area contributed by atoms with Gasteiger partial charge in [0.25, 0.3) is 0 Å². The summed E-state index contributed by atoms with van der Waals surface area (Å²) in [6.07, 6.45) is -0.684. The topological polar surface area (TPSA) is 38.7 Å². The summed E-state index contributed by atoms with van der Waals surface area (Å²) in [5, 5.41) is 11.2. The van der Waals surface area contributed by atoms with E-state index in [2.05, 4.69) is 0 Å². The molecule has 1 atom stereocenters. The van der Waals surface area contributed by atoms with Gasteiger partial charge in [0.15, 0.2) is 0 Å². The summed E-state index contributed by atoms with van der Waals surface area (Å²) in [6.45, 7) is 0. The zero-order chi connectivity index (χ0) is 15.2. The summed E-state index contributed by atoms with van der Waals surface area (Å²) < 4.78 is 10.6. The zero-order valence-corrected chi connectivity index (χ0v) is 13.4. The predicted molar refractivity (Wildman–Crippen MR) is 86.7 cm³/mol. The Balaban J connectivity index is 2.12. The fraction of sp³-hybridized carbons (Fsp3) is 0.250. The number of halogens is 1. The van der Waals surface area contributed by atoms with Crippen molar-refractivity contribution in [3.05, 3.63) is 53.1 Å². The number of thioether (sulfide) groups is 1. The molecule has 0 aromatic heterocycles. The molecule has 0 aliphatic carbocycles. The van der Waals surface area contributed by atoms with Crippen LogP contribution in [0, 0.1) is 0 Å². The third-order valence-corrected chi connectivity index (χ3v) is 4.36. The Morgan fingerprint density at radius 1 is 1.05 bits per heavy atom. The molecule has 1 unspecified atom stereocenters. The highest BCUT2D eigenvalue weighted by Crippen LogP contribution is 2.36. The predicted octanol–water partition coefficient (Wildman–Crippen LogP) is 4.18. The van der Waals surface area contributed by atoms with E-state index in [1.165, 1.54) is 0 Å². The van der Waals surface area contributed by atoms with E-state index in [4.69, 9.17) is 21.1 Å². The van der Waals surface area contributed by atoms with Gasteiger partial charge in [0, 0.05) is 15.7 Å². The lowest BCUT2D eigenvalue weighted by molar-refractivity contribution is 0.193. The fourth-order valence-electron chi connectivity index (χ4n) is 2.00. The Kier molecular flexibility index (Phi) is 5.79. The molecule has 0 radical (unpaired) electrons. The molecule has 2 rings (SSSR count). The average Bonchev–Trinajstić information content (AvgIpc) is 2.53. The molecule has 0 saturated heterocycles. The standard InChI is InChI=1S/C16H17ClO3S/c1-19-14-4-3-5-15(20-2)16(14)13(18)10-21-12-8-6-11(17)7-9-12/h3-9,13,18H,10H2,1-2H3. The van der Waals surface area contributed by atoms with Gasteiger partial charge in [-0.1, -0.05) is 17.7 Å². The van der Waals surface area contributed by atoms with Crippen LogP contribution in [0.15, 0.2) is 47.4 Å². The van der Waals surface area contributed by atoms with Crippen LogP contribution in [0.25, 0.3) is 0 Å². The first kappa shape index (κ1) is 16.0. The number of aliphatic hydroxyl groups excluding tert-OH is 1. The van der Waals surface area contributed by atoms with E-state index in [9.17, 15) is 5.11 Å². The smallest absolute Gasteiger partial charge is 0.128 e. The molecule has 0 bridgehead atoms. The van der Waals surface area contributed by atoms with Gasteiger partial charge >= 0.3 is 0 Å². The number of methoxy groups -OCH3 is 2. The number of hydrogen-bond acceptors (Lipinski definition) is 4. The first-order valence-corrected chi connectivity index (χ1v) is 7.79. The number of benzene rings is 2. The van der Waals surface area contributed by atoms with Crippen LogP contribution in [0.1, 0.15) is 11.7 Å². The highest BCUT2D eigenvalue weighted by molar-refractivity contribution is 7.99. The van der Waals surface area contributed by atoms with Crippen LogP contribution in [-0.2, 0) is 0 Å². The molecular formula is C16H17ClO3S. The van der Waals surface area contributed by atoms with Crippen molar-refractivity contribution < 1.29 is 14.6 Å². The lowest BCUT2D eigenvalue weighted by Crippen LogP contribution is -2.05. The number of rotatable bonds is 6. The van der Waals surface area contributed by atoms with E-state index in [1.807, 2.05) is 42.5 Å². The second-order valence-electron chi connectivity index (χ2n) is 4.36. The molecule has 0 aliphatic rings. The van der Waals surface area contributed by atoms with Gasteiger partial charge in [0.1, 0.15) is 11.5 Å². The van der Waals surface area contributed by atoms with Gasteiger partial charge in [-0.2, -0.15) is 0 Å². The number of aliphatic hydroxyl groups is 1. The third-order valence-electron chi connectivity index (χ3n) is 3.02. The van der Waals surface area contributed by atoms with Crippen molar-refractivity contribution in [3.63, 3.8) is 0 Å². The quantitative estimate of drug-likeness (QED) is 0.809. The van der Waals surface area contributed by atoms with Crippen molar-refractivity contribution in [2.45, 2.75) is 11.0 Å². The van der Waals surface area contributed by atoms with Crippen LogP contribution in [-0.4, -0.2) is 25.1 Å². The highest BCUT2D eigenvalue weighted by Gasteiger charge is 2.18. The van der Waals surface area contributed by atoms with Crippen molar-refractivity contribution in [2.75, 3.05) is 20.0 Å². The van der Waals surface area contributed by atoms with Gasteiger partial charge in [-0.3, -0.25) is 0 Å². The Hall–Kier alpha value is -1.36. The van der Waals surface area contributed by atoms with Gasteiger partial charge in [-0.25, -0.2) is 0 Å². The van der Waals surface area contributed by atoms with E-state index in [0.717, 1.165) is 4.90 Å². The number of hydrogen-bond donors (Lipinski definition) is 1. The van der Waals surface area contributed by atoms with Crippen molar-refractivity contribution >= 4 is 23.4 Å². The molecule has 1 N–H and O–H groups in total. The van der Waals surface area contributed by atoms with Crippen molar-refractivity contribution in [1.29, 1.82) is 0 Å². The van der Waals surface area contributed by atoms with E-state index >= 15 is 0 Å². The molecule has 0 saturated carbocycles. The molecule has 0 aliphatic heterocycles. The fourth-order valence-corrected chi connectivity index (χ4v) is 2.97. The Labute approximate surface area is 133 Å². The van der Waals surface area contributed by atoms with Crippen LogP contribution in [0.5, 0.6) is 11.5 Å². The first-order chi connectivity index (χ1) is 10.2. The van der Waals surface area contributed by atoms with E-state index < -0.39 is 6.10 Å². The largest absolute Gasteiger partial charge is 0.496 e. The van der Waals surface area contributed by atoms with Crippen LogP contribution < -0.4 is 9.47 Å². The monoisotopic (exact) mass is 324 g/mol. The molecule has 112 valence electrons. The molecule has 0 fully saturated rings. The molecule has 0 amide bonds. The first-order valence-electron chi connectivity index (χ1n) is 6.43. The molecular weight excluding hydrogens is 308 g/mol. The van der Waals surface area contributed by atoms with E-state index in [0.29, 0.717) is 27.8 Å². The van der Waals surface area contributed by atoms with Crippen LogP contribution in [0.2, 0.25) is 5.02 Å². The lowest BCUT2D eigenvalue weighted by atomic mass is 10.1. The SMILES string of the molecule is COc1cccc(OC)c1C(O)CSc1ccc(Cl)cc1. The molecule has 0 heterocycles. The Morgan fingerprint density at radius 3 is 2.14 bits per heavy atom. The molecule has 5 heteroatoms. The van der Waals surface area contributed by atoms with Crippen LogP contribution in [0.3, 0.4) is 0 Å². The summed E-state index contributed by atoms with van der Waals surface area (Å²) in [6, 6.07) is 13.0. The summed E-state index contributed by atoms with van der Waals surface area (Å²) >= 11 is 7.41. The van der Waals surface area contributed by atoms with E-state index in [1.54, 1.807) is 26.0 Å². The van der Waals surface area contributed by atoms with Crippen molar-refractivity contribution in [1.82, 2.24) is 0 Å². The molecule has 2 aromatic rings. The highest BCUT2D eigenvalue weighted by atomic mass is 35.5. The minimum Gasteiger partial charge on any atom is -0.496 e. The Morgan fingerprint density at radius 2 is 1.62 bits per heavy atom. The summed E-state index contributed by atoms with van der Waals surface area (Å²) in [4.78, 5) is 1.05. The van der Waals surface area contributed by atoms with Crippen LogP contribution in [0.4, 0.5) is 0 Å². The van der Waals surface area contributed by atoms with Gasteiger partial charge in [0.2, 0.25) is 0 Å². The lowest BCUT2D eigenvalue weighted by Gasteiger charge is -2.17. The maximum absolute atomic E-state index is 10.5. The summed E-state index contributed by atoms with van der Waals surface area (Å²) in [7, 11) is 3.16. The normalized spacial score (nSPS) is 12.0.